The Kier molecular flexibility index (Phi) is 9.04. The minimum Gasteiger partial charge on any atom is -0.382 e. The normalized spacial score (nSPS) is 11.0. The summed E-state index contributed by atoms with van der Waals surface area (Å²) in [7, 11) is -0.476. The third-order valence-corrected chi connectivity index (χ3v) is 6.65. The number of carbonyl (C=O) groups excluding carboxylic acids is 2. The number of benzene rings is 4. The summed E-state index contributed by atoms with van der Waals surface area (Å²) < 4.78 is 11.3. The van der Waals surface area contributed by atoms with Gasteiger partial charge in [-0.05, 0) is 73.6 Å². The van der Waals surface area contributed by atoms with Crippen LogP contribution in [0.15, 0.2) is 91.0 Å². The highest BCUT2D eigenvalue weighted by molar-refractivity contribution is 7.47. The lowest BCUT2D eigenvalue weighted by Crippen LogP contribution is -2.30. The molecule has 5 heteroatoms. The first-order valence-corrected chi connectivity index (χ1v) is 12.8. The summed E-state index contributed by atoms with van der Waals surface area (Å²) in [5, 5.41) is 9.39. The lowest BCUT2D eigenvalue weighted by atomic mass is 9.83. The zero-order valence-electron chi connectivity index (χ0n) is 21.8. The fraction of sp³-hybridized carbons (Fsp3) is 0.188. The highest BCUT2D eigenvalue weighted by Gasteiger charge is 2.25. The van der Waals surface area contributed by atoms with Gasteiger partial charge in [0.05, 0.1) is 0 Å². The zero-order chi connectivity index (χ0) is 27.2. The average molecular weight is 511 g/mol. The van der Waals surface area contributed by atoms with Crippen molar-refractivity contribution < 1.29 is 19.3 Å². The first kappa shape index (κ1) is 27.9. The van der Waals surface area contributed by atoms with E-state index in [0.29, 0.717) is 11.1 Å². The van der Waals surface area contributed by atoms with Gasteiger partial charge >= 0.3 is 0 Å². The minimum atomic E-state index is -1.28. The number of Topliss-reactive ketones (excluding diaryl/α,β-unsaturated/α-hetero) is 1. The first-order chi connectivity index (χ1) is 17.6. The predicted molar refractivity (Wildman–Crippen MR) is 151 cm³/mol. The molecular formula is C32H31O4P. The van der Waals surface area contributed by atoms with Crippen LogP contribution in [0, 0.1) is 20.8 Å². The summed E-state index contributed by atoms with van der Waals surface area (Å²) in [5.74, 6) is -0.247. The summed E-state index contributed by atoms with van der Waals surface area (Å²) in [6, 6.07) is 28.9. The van der Waals surface area contributed by atoms with Gasteiger partial charge in [0, 0.05) is 11.1 Å². The summed E-state index contributed by atoms with van der Waals surface area (Å²) in [6.45, 7) is 8.95. The predicted octanol–water partition coefficient (Wildman–Crippen LogP) is 8.02. The van der Waals surface area contributed by atoms with Crippen LogP contribution in [0.2, 0.25) is 0 Å². The molecule has 0 atom stereocenters. The smallest absolute Gasteiger partial charge is 0.253 e. The summed E-state index contributed by atoms with van der Waals surface area (Å²) in [4.78, 5) is 23.8. The fourth-order valence-electron chi connectivity index (χ4n) is 4.60. The van der Waals surface area contributed by atoms with Crippen LogP contribution in [0.5, 0.6) is 0 Å². The van der Waals surface area contributed by atoms with E-state index in [-0.39, 0.29) is 11.3 Å². The van der Waals surface area contributed by atoms with Gasteiger partial charge in [-0.3, -0.25) is 14.2 Å². The van der Waals surface area contributed by atoms with Crippen molar-refractivity contribution in [3.63, 3.8) is 0 Å². The Bertz CT molecular complexity index is 1340. The Balaban J connectivity index is 0.000000266. The van der Waals surface area contributed by atoms with E-state index in [0.717, 1.165) is 38.9 Å². The van der Waals surface area contributed by atoms with Crippen LogP contribution in [-0.2, 0) is 4.57 Å². The second-order valence-electron chi connectivity index (χ2n) is 9.38. The molecule has 0 heterocycles. The topological polar surface area (TPSA) is 71.4 Å². The summed E-state index contributed by atoms with van der Waals surface area (Å²) >= 11 is 0. The van der Waals surface area contributed by atoms with Crippen molar-refractivity contribution in [2.45, 2.75) is 40.2 Å². The van der Waals surface area contributed by atoms with Gasteiger partial charge in [-0.1, -0.05) is 91.0 Å². The number of hydrogen-bond acceptors (Lipinski definition) is 4. The van der Waals surface area contributed by atoms with E-state index in [4.69, 9.17) is 0 Å². The Morgan fingerprint density at radius 1 is 0.649 bits per heavy atom. The summed E-state index contributed by atoms with van der Waals surface area (Å²) in [5.41, 5.74) is 6.55. The molecule has 0 aliphatic rings. The lowest BCUT2D eigenvalue weighted by Gasteiger charge is -2.21. The van der Waals surface area contributed by atoms with Crippen LogP contribution in [0.25, 0.3) is 22.3 Å². The Morgan fingerprint density at radius 3 is 1.38 bits per heavy atom. The van der Waals surface area contributed by atoms with Crippen molar-refractivity contribution in [3.05, 3.63) is 119 Å². The molecule has 0 fully saturated rings. The van der Waals surface area contributed by atoms with E-state index < -0.39 is 14.1 Å². The van der Waals surface area contributed by atoms with Gasteiger partial charge in [0.15, 0.2) is 5.78 Å². The van der Waals surface area contributed by atoms with Gasteiger partial charge < -0.3 is 5.11 Å². The maximum atomic E-state index is 12.4. The molecule has 0 radical (unpaired) electrons. The number of hydrogen-bond donors (Lipinski definition) is 1. The molecule has 1 N–H and O–H groups in total. The molecule has 0 aliphatic carbocycles. The quantitative estimate of drug-likeness (QED) is 0.211. The van der Waals surface area contributed by atoms with Crippen LogP contribution >= 0.6 is 8.46 Å². The van der Waals surface area contributed by atoms with Crippen molar-refractivity contribution in [3.8, 4) is 22.3 Å². The molecule has 0 amide bonds. The standard InChI is InChI=1S/C22H19O2P.C10H12O2/c1-14-19(17-10-6-4-7-11-17)15(2)21(22(23)25-24)16(3)20(14)18-12-8-5-9-13-18;1-10(2,12)9(11)8-6-4-3-5-7-8/h4-13H,1-3H3;3-7,12H,1-2H3. The number of aliphatic hydroxyl groups is 1. The highest BCUT2D eigenvalue weighted by Crippen LogP contribution is 2.40. The molecule has 0 unspecified atom stereocenters. The van der Waals surface area contributed by atoms with E-state index in [9.17, 15) is 19.3 Å². The second-order valence-corrected chi connectivity index (χ2v) is 9.97. The van der Waals surface area contributed by atoms with Gasteiger partial charge in [0.25, 0.3) is 5.52 Å². The Hall–Kier alpha value is -3.72. The molecule has 0 saturated heterocycles. The molecule has 4 nitrogen and oxygen atoms in total. The Labute approximate surface area is 220 Å². The van der Waals surface area contributed by atoms with E-state index in [2.05, 4.69) is 6.92 Å². The van der Waals surface area contributed by atoms with Gasteiger partial charge in [0.1, 0.15) is 5.60 Å². The van der Waals surface area contributed by atoms with Gasteiger partial charge in [-0.2, -0.15) is 0 Å². The summed E-state index contributed by atoms with van der Waals surface area (Å²) in [6.07, 6.45) is 0. The fourth-order valence-corrected chi connectivity index (χ4v) is 5.03. The van der Waals surface area contributed by atoms with Crippen LogP contribution in [0.1, 0.15) is 51.3 Å². The SMILES string of the molecule is CC(C)(O)C(=O)c1ccccc1.Cc1c(C(=O)P=O)c(C)c(-c2ccccc2)c(C)c1-c1ccccc1. The van der Waals surface area contributed by atoms with Gasteiger partial charge in [0.2, 0.25) is 8.46 Å². The third-order valence-electron chi connectivity index (χ3n) is 6.26. The van der Waals surface area contributed by atoms with Crippen molar-refractivity contribution >= 4 is 19.8 Å². The largest absolute Gasteiger partial charge is 0.382 e. The number of ketones is 1. The molecule has 37 heavy (non-hydrogen) atoms. The molecule has 188 valence electrons. The third kappa shape index (κ3) is 6.35. The molecule has 0 spiro atoms. The van der Waals surface area contributed by atoms with Crippen molar-refractivity contribution in [2.24, 2.45) is 0 Å². The molecular weight excluding hydrogens is 479 g/mol. The number of rotatable bonds is 6. The highest BCUT2D eigenvalue weighted by atomic mass is 31.1. The maximum Gasteiger partial charge on any atom is 0.253 e. The minimum absolute atomic E-state index is 0.247. The van der Waals surface area contributed by atoms with Gasteiger partial charge in [-0.25, -0.2) is 0 Å². The van der Waals surface area contributed by atoms with E-state index in [1.54, 1.807) is 24.3 Å². The molecule has 0 aliphatic heterocycles. The van der Waals surface area contributed by atoms with E-state index in [1.165, 1.54) is 13.8 Å². The van der Waals surface area contributed by atoms with Crippen molar-refractivity contribution in [1.82, 2.24) is 0 Å². The zero-order valence-corrected chi connectivity index (χ0v) is 22.7. The van der Waals surface area contributed by atoms with Crippen LogP contribution in [0.3, 0.4) is 0 Å². The molecule has 4 aromatic rings. The molecule has 0 saturated carbocycles. The number of carbonyl (C=O) groups is 2. The second kappa shape index (κ2) is 12.0. The molecule has 0 aromatic heterocycles. The molecule has 4 aromatic carbocycles. The maximum absolute atomic E-state index is 12.4. The monoisotopic (exact) mass is 510 g/mol. The van der Waals surface area contributed by atoms with E-state index >= 15 is 0 Å². The average Bonchev–Trinajstić information content (AvgIpc) is 2.89. The van der Waals surface area contributed by atoms with Crippen LogP contribution < -0.4 is 0 Å². The van der Waals surface area contributed by atoms with Gasteiger partial charge in [-0.15, -0.1) is 0 Å². The van der Waals surface area contributed by atoms with Crippen LogP contribution in [-0.4, -0.2) is 22.0 Å². The molecule has 4 rings (SSSR count). The lowest BCUT2D eigenvalue weighted by molar-refractivity contribution is 0.0488. The van der Waals surface area contributed by atoms with Crippen molar-refractivity contribution in [2.75, 3.05) is 0 Å². The first-order valence-electron chi connectivity index (χ1n) is 12.0. The Morgan fingerprint density at radius 2 is 1.03 bits per heavy atom. The van der Waals surface area contributed by atoms with E-state index in [1.807, 2.05) is 80.6 Å². The van der Waals surface area contributed by atoms with Crippen molar-refractivity contribution in [1.29, 1.82) is 0 Å². The molecule has 0 bridgehead atoms. The van der Waals surface area contributed by atoms with Crippen LogP contribution in [0.4, 0.5) is 0 Å².